The summed E-state index contributed by atoms with van der Waals surface area (Å²) in [5.41, 5.74) is 0.417. The van der Waals surface area contributed by atoms with Crippen LogP contribution in [0.1, 0.15) is 5.56 Å². The molecule has 0 amide bonds. The van der Waals surface area contributed by atoms with E-state index in [1.54, 1.807) is 19.0 Å². The van der Waals surface area contributed by atoms with Crippen molar-refractivity contribution in [3.8, 4) is 5.88 Å². The Balaban J connectivity index is 2.55. The maximum atomic E-state index is 12.3. The normalized spacial score (nSPS) is 11.5. The predicted octanol–water partition coefficient (Wildman–Crippen LogP) is 0.759. The summed E-state index contributed by atoms with van der Waals surface area (Å²) in [6, 6.07) is 7.65. The molecule has 0 saturated carbocycles. The Bertz CT molecular complexity index is 892. The molecule has 1 heterocycles. The van der Waals surface area contributed by atoms with E-state index in [1.807, 2.05) is 31.2 Å². The Morgan fingerprint density at radius 3 is 2.25 bits per heavy atom. The van der Waals surface area contributed by atoms with Crippen LogP contribution < -0.4 is 16.6 Å². The van der Waals surface area contributed by atoms with E-state index in [2.05, 4.69) is 10.3 Å². The first kappa shape index (κ1) is 17.3. The van der Waals surface area contributed by atoms with Gasteiger partial charge in [-0.05, 0) is 19.1 Å². The SMILES string of the molecule is Cc1ccc(NC(=Nc2c(O)n(C)c(=O)n(C)c2=O)N(C)C)cc1. The summed E-state index contributed by atoms with van der Waals surface area (Å²) in [5, 5.41) is 13.2. The number of benzene rings is 1. The van der Waals surface area contributed by atoms with Gasteiger partial charge in [0.2, 0.25) is 11.8 Å². The lowest BCUT2D eigenvalue weighted by Gasteiger charge is -2.18. The molecule has 24 heavy (non-hydrogen) atoms. The van der Waals surface area contributed by atoms with Crippen LogP contribution in [0.15, 0.2) is 38.8 Å². The van der Waals surface area contributed by atoms with Gasteiger partial charge in [-0.15, -0.1) is 0 Å². The summed E-state index contributed by atoms with van der Waals surface area (Å²) in [7, 11) is 6.22. The molecular weight excluding hydrogens is 310 g/mol. The van der Waals surface area contributed by atoms with Crippen molar-refractivity contribution in [2.45, 2.75) is 6.92 Å². The molecule has 0 fully saturated rings. The van der Waals surface area contributed by atoms with Crippen LogP contribution in [-0.4, -0.2) is 39.2 Å². The van der Waals surface area contributed by atoms with Crippen LogP contribution in [0.25, 0.3) is 0 Å². The van der Waals surface area contributed by atoms with Gasteiger partial charge in [0.05, 0.1) is 0 Å². The van der Waals surface area contributed by atoms with Crippen LogP contribution in [0, 0.1) is 6.92 Å². The molecule has 0 spiro atoms. The first-order chi connectivity index (χ1) is 11.2. The summed E-state index contributed by atoms with van der Waals surface area (Å²) in [6.45, 7) is 1.98. The summed E-state index contributed by atoms with van der Waals surface area (Å²) >= 11 is 0. The number of anilines is 1. The Morgan fingerprint density at radius 1 is 1.12 bits per heavy atom. The van der Waals surface area contributed by atoms with Gasteiger partial charge in [0.25, 0.3) is 5.56 Å². The monoisotopic (exact) mass is 331 g/mol. The standard InChI is InChI=1S/C16H21N5O3/c1-10-6-8-11(9-7-10)17-15(19(2)3)18-12-13(22)20(4)16(24)21(5)14(12)23/h6-9,22H,1-5H3,(H,17,18). The number of aryl methyl sites for hydroxylation is 1. The molecule has 2 rings (SSSR count). The fraction of sp³-hybridized carbons (Fsp3) is 0.312. The highest BCUT2D eigenvalue weighted by Crippen LogP contribution is 2.19. The number of hydrogen-bond acceptors (Lipinski definition) is 4. The van der Waals surface area contributed by atoms with E-state index in [0.717, 1.165) is 20.4 Å². The minimum Gasteiger partial charge on any atom is -0.493 e. The highest BCUT2D eigenvalue weighted by atomic mass is 16.3. The van der Waals surface area contributed by atoms with Gasteiger partial charge in [-0.2, -0.15) is 0 Å². The average molecular weight is 331 g/mol. The molecule has 0 aliphatic rings. The zero-order chi connectivity index (χ0) is 18.0. The fourth-order valence-corrected chi connectivity index (χ4v) is 2.03. The van der Waals surface area contributed by atoms with Gasteiger partial charge in [-0.25, -0.2) is 9.79 Å². The number of hydrogen-bond donors (Lipinski definition) is 2. The van der Waals surface area contributed by atoms with Gasteiger partial charge < -0.3 is 15.3 Å². The van der Waals surface area contributed by atoms with Crippen molar-refractivity contribution in [2.75, 3.05) is 19.4 Å². The second-order valence-electron chi connectivity index (χ2n) is 5.70. The lowest BCUT2D eigenvalue weighted by molar-refractivity contribution is 0.414. The van der Waals surface area contributed by atoms with E-state index in [1.165, 1.54) is 14.1 Å². The summed E-state index contributed by atoms with van der Waals surface area (Å²) in [5.74, 6) is -0.127. The maximum absolute atomic E-state index is 12.3. The number of guanidine groups is 1. The number of aromatic hydroxyl groups is 1. The van der Waals surface area contributed by atoms with Crippen molar-refractivity contribution in [2.24, 2.45) is 19.1 Å². The van der Waals surface area contributed by atoms with Gasteiger partial charge in [0.15, 0.2) is 5.69 Å². The van der Waals surface area contributed by atoms with E-state index in [4.69, 9.17) is 0 Å². The molecular formula is C16H21N5O3. The van der Waals surface area contributed by atoms with E-state index < -0.39 is 17.1 Å². The molecule has 1 aromatic heterocycles. The first-order valence-electron chi connectivity index (χ1n) is 7.31. The van der Waals surface area contributed by atoms with Crippen LogP contribution in [0.2, 0.25) is 0 Å². The van der Waals surface area contributed by atoms with Crippen molar-refractivity contribution in [1.29, 1.82) is 0 Å². The summed E-state index contributed by atoms with van der Waals surface area (Å²) < 4.78 is 1.87. The molecule has 2 aromatic rings. The van der Waals surface area contributed by atoms with Crippen molar-refractivity contribution < 1.29 is 5.11 Å². The van der Waals surface area contributed by atoms with Crippen molar-refractivity contribution in [1.82, 2.24) is 14.0 Å². The van der Waals surface area contributed by atoms with Gasteiger partial charge in [0, 0.05) is 33.9 Å². The molecule has 1 aromatic carbocycles. The van der Waals surface area contributed by atoms with E-state index >= 15 is 0 Å². The molecule has 2 N–H and O–H groups in total. The molecule has 0 unspecified atom stereocenters. The molecule has 8 nitrogen and oxygen atoms in total. The Kier molecular flexibility index (Phi) is 4.77. The van der Waals surface area contributed by atoms with Crippen LogP contribution in [0.3, 0.4) is 0 Å². The summed E-state index contributed by atoms with van der Waals surface area (Å²) in [4.78, 5) is 29.9. The van der Waals surface area contributed by atoms with Gasteiger partial charge in [0.1, 0.15) is 0 Å². The van der Waals surface area contributed by atoms with Gasteiger partial charge >= 0.3 is 5.69 Å². The van der Waals surface area contributed by atoms with E-state index in [9.17, 15) is 14.7 Å². The van der Waals surface area contributed by atoms with Crippen LogP contribution in [-0.2, 0) is 14.1 Å². The van der Waals surface area contributed by atoms with Gasteiger partial charge in [-0.3, -0.25) is 13.9 Å². The topological polar surface area (TPSA) is 91.9 Å². The Labute approximate surface area is 139 Å². The molecule has 8 heteroatoms. The van der Waals surface area contributed by atoms with Crippen LogP contribution in [0.5, 0.6) is 5.88 Å². The molecule has 0 bridgehead atoms. The highest BCUT2D eigenvalue weighted by molar-refractivity contribution is 5.95. The number of aromatic nitrogens is 2. The van der Waals surface area contributed by atoms with Crippen molar-refractivity contribution >= 4 is 17.3 Å². The number of nitrogens with zero attached hydrogens (tertiary/aromatic N) is 4. The smallest absolute Gasteiger partial charge is 0.333 e. The third kappa shape index (κ3) is 3.32. The van der Waals surface area contributed by atoms with Crippen molar-refractivity contribution in [3.05, 3.63) is 50.7 Å². The third-order valence-corrected chi connectivity index (χ3v) is 3.56. The average Bonchev–Trinajstić information content (AvgIpc) is 2.55. The predicted molar refractivity (Wildman–Crippen MR) is 94.2 cm³/mol. The van der Waals surface area contributed by atoms with Gasteiger partial charge in [-0.1, -0.05) is 17.7 Å². The molecule has 0 atom stereocenters. The largest absolute Gasteiger partial charge is 0.493 e. The van der Waals surface area contributed by atoms with Crippen LogP contribution in [0.4, 0.5) is 11.4 Å². The molecule has 0 saturated heterocycles. The zero-order valence-electron chi connectivity index (χ0n) is 14.4. The summed E-state index contributed by atoms with van der Waals surface area (Å²) in [6.07, 6.45) is 0. The second kappa shape index (κ2) is 6.61. The Hall–Kier alpha value is -3.03. The lowest BCUT2D eigenvalue weighted by Crippen LogP contribution is -2.37. The molecule has 128 valence electrons. The van der Waals surface area contributed by atoms with E-state index in [0.29, 0.717) is 5.96 Å². The molecule has 0 aliphatic heterocycles. The quantitative estimate of drug-likeness (QED) is 0.626. The fourth-order valence-electron chi connectivity index (χ4n) is 2.03. The second-order valence-corrected chi connectivity index (χ2v) is 5.70. The Morgan fingerprint density at radius 2 is 1.71 bits per heavy atom. The molecule has 0 aliphatic carbocycles. The number of rotatable bonds is 2. The van der Waals surface area contributed by atoms with Crippen molar-refractivity contribution in [3.63, 3.8) is 0 Å². The first-order valence-corrected chi connectivity index (χ1v) is 7.31. The van der Waals surface area contributed by atoms with Crippen LogP contribution >= 0.6 is 0 Å². The minimum absolute atomic E-state index is 0.206. The van der Waals surface area contributed by atoms with E-state index in [-0.39, 0.29) is 5.69 Å². The lowest BCUT2D eigenvalue weighted by atomic mass is 10.2. The third-order valence-electron chi connectivity index (χ3n) is 3.56. The number of aliphatic imine (C=N–C) groups is 1. The maximum Gasteiger partial charge on any atom is 0.333 e. The molecule has 0 radical (unpaired) electrons. The zero-order valence-corrected chi connectivity index (χ0v) is 14.4. The minimum atomic E-state index is -0.666. The number of nitrogens with one attached hydrogen (secondary N) is 1. The highest BCUT2D eigenvalue weighted by Gasteiger charge is 2.16.